The summed E-state index contributed by atoms with van der Waals surface area (Å²) in [6.45, 7) is 0. The van der Waals surface area contributed by atoms with Gasteiger partial charge in [-0.25, -0.2) is 18.5 Å². The third-order valence-electron chi connectivity index (χ3n) is 2.30. The van der Waals surface area contributed by atoms with E-state index in [-0.39, 0.29) is 4.90 Å². The van der Waals surface area contributed by atoms with Gasteiger partial charge < -0.3 is 5.73 Å². The number of nitrogens with zero attached hydrogens (tertiary/aromatic N) is 1. The molecule has 0 atom stereocenters. The highest BCUT2D eigenvalue weighted by Crippen LogP contribution is 2.20. The summed E-state index contributed by atoms with van der Waals surface area (Å²) in [5.41, 5.74) is 7.19. The SMILES string of the molecule is Nc1ccc(-c2ccc(S(N)(=O)=O)cc2)cn1. The standard InChI is InChI=1S/C11H11N3O2S/c12-11-6-3-9(7-14-11)8-1-4-10(5-2-8)17(13,15)16/h1-7H,(H2,12,14)(H2,13,15,16). The Balaban J connectivity index is 2.39. The van der Waals surface area contributed by atoms with Crippen molar-refractivity contribution in [2.24, 2.45) is 5.14 Å². The first-order valence-corrected chi connectivity index (χ1v) is 6.36. The number of aromatic nitrogens is 1. The van der Waals surface area contributed by atoms with Gasteiger partial charge in [0.2, 0.25) is 10.0 Å². The van der Waals surface area contributed by atoms with Crippen LogP contribution in [0, 0.1) is 0 Å². The number of nitrogens with two attached hydrogens (primary N) is 2. The van der Waals surface area contributed by atoms with Crippen LogP contribution in [-0.4, -0.2) is 13.4 Å². The summed E-state index contributed by atoms with van der Waals surface area (Å²) in [7, 11) is -3.64. The maximum absolute atomic E-state index is 11.1. The van der Waals surface area contributed by atoms with Gasteiger partial charge in [0.1, 0.15) is 5.82 Å². The van der Waals surface area contributed by atoms with Crippen molar-refractivity contribution in [3.8, 4) is 11.1 Å². The lowest BCUT2D eigenvalue weighted by molar-refractivity contribution is 0.598. The van der Waals surface area contributed by atoms with E-state index < -0.39 is 10.0 Å². The van der Waals surface area contributed by atoms with Gasteiger partial charge >= 0.3 is 0 Å². The molecule has 0 saturated heterocycles. The van der Waals surface area contributed by atoms with Crippen LogP contribution < -0.4 is 10.9 Å². The average molecular weight is 249 g/mol. The molecule has 0 aliphatic rings. The fraction of sp³-hybridized carbons (Fsp3) is 0. The molecule has 0 bridgehead atoms. The van der Waals surface area contributed by atoms with Gasteiger partial charge in [0.05, 0.1) is 4.90 Å². The second-order valence-electron chi connectivity index (χ2n) is 3.54. The Bertz CT molecular complexity index is 619. The third-order valence-corrected chi connectivity index (χ3v) is 3.23. The zero-order valence-electron chi connectivity index (χ0n) is 8.87. The molecule has 4 N–H and O–H groups in total. The topological polar surface area (TPSA) is 99.1 Å². The van der Waals surface area contributed by atoms with Gasteiger partial charge in [0.25, 0.3) is 0 Å². The van der Waals surface area contributed by atoms with Crippen LogP contribution in [0.5, 0.6) is 0 Å². The molecular weight excluding hydrogens is 238 g/mol. The Labute approximate surface area is 99.1 Å². The lowest BCUT2D eigenvalue weighted by Crippen LogP contribution is -2.11. The summed E-state index contributed by atoms with van der Waals surface area (Å²) in [5, 5.41) is 5.01. The summed E-state index contributed by atoms with van der Waals surface area (Å²) in [6, 6.07) is 9.76. The van der Waals surface area contributed by atoms with Crippen molar-refractivity contribution < 1.29 is 8.42 Å². The molecule has 0 spiro atoms. The Morgan fingerprint density at radius 3 is 2.00 bits per heavy atom. The zero-order chi connectivity index (χ0) is 12.5. The first-order chi connectivity index (χ1) is 7.97. The van der Waals surface area contributed by atoms with Crippen LogP contribution in [0.25, 0.3) is 11.1 Å². The molecule has 0 aliphatic heterocycles. The van der Waals surface area contributed by atoms with Crippen molar-refractivity contribution in [2.45, 2.75) is 4.90 Å². The molecule has 0 unspecified atom stereocenters. The molecule has 17 heavy (non-hydrogen) atoms. The maximum atomic E-state index is 11.1. The van der Waals surface area contributed by atoms with Crippen LogP contribution in [0.1, 0.15) is 0 Å². The maximum Gasteiger partial charge on any atom is 0.238 e. The third kappa shape index (κ3) is 2.61. The van der Waals surface area contributed by atoms with Crippen LogP contribution in [0.2, 0.25) is 0 Å². The molecular formula is C11H11N3O2S. The minimum absolute atomic E-state index is 0.0876. The predicted octanol–water partition coefficient (Wildman–Crippen LogP) is 0.978. The number of primary sulfonamides is 1. The largest absolute Gasteiger partial charge is 0.384 e. The Morgan fingerprint density at radius 1 is 0.941 bits per heavy atom. The van der Waals surface area contributed by atoms with E-state index in [2.05, 4.69) is 4.98 Å². The monoisotopic (exact) mass is 249 g/mol. The molecule has 88 valence electrons. The van der Waals surface area contributed by atoms with Crippen LogP contribution in [0.3, 0.4) is 0 Å². The number of hydrogen-bond acceptors (Lipinski definition) is 4. The fourth-order valence-electron chi connectivity index (χ4n) is 1.41. The molecule has 1 heterocycles. The van der Waals surface area contributed by atoms with Crippen LogP contribution in [0.4, 0.5) is 5.82 Å². The van der Waals surface area contributed by atoms with E-state index in [0.29, 0.717) is 5.82 Å². The van der Waals surface area contributed by atoms with Crippen LogP contribution in [-0.2, 0) is 10.0 Å². The minimum atomic E-state index is -3.64. The normalized spacial score (nSPS) is 11.4. The average Bonchev–Trinajstić information content (AvgIpc) is 2.29. The van der Waals surface area contributed by atoms with E-state index in [4.69, 9.17) is 10.9 Å². The van der Waals surface area contributed by atoms with E-state index in [1.165, 1.54) is 12.1 Å². The second kappa shape index (κ2) is 4.15. The molecule has 5 nitrogen and oxygen atoms in total. The van der Waals surface area contributed by atoms with Crippen molar-refractivity contribution in [1.29, 1.82) is 0 Å². The highest BCUT2D eigenvalue weighted by molar-refractivity contribution is 7.89. The van der Waals surface area contributed by atoms with Crippen molar-refractivity contribution in [3.05, 3.63) is 42.6 Å². The van der Waals surface area contributed by atoms with Crippen LogP contribution >= 0.6 is 0 Å². The fourth-order valence-corrected chi connectivity index (χ4v) is 1.93. The van der Waals surface area contributed by atoms with Crippen molar-refractivity contribution >= 4 is 15.8 Å². The molecule has 0 aliphatic carbocycles. The highest BCUT2D eigenvalue weighted by atomic mass is 32.2. The zero-order valence-corrected chi connectivity index (χ0v) is 9.68. The van der Waals surface area contributed by atoms with Gasteiger partial charge in [0, 0.05) is 11.8 Å². The molecule has 0 radical (unpaired) electrons. The summed E-state index contributed by atoms with van der Waals surface area (Å²) in [5.74, 6) is 0.440. The number of sulfonamides is 1. The van der Waals surface area contributed by atoms with Crippen molar-refractivity contribution in [1.82, 2.24) is 4.98 Å². The lowest BCUT2D eigenvalue weighted by Gasteiger charge is -2.03. The molecule has 0 saturated carbocycles. The molecule has 0 amide bonds. The lowest BCUT2D eigenvalue weighted by atomic mass is 10.1. The molecule has 1 aromatic carbocycles. The quantitative estimate of drug-likeness (QED) is 0.828. The van der Waals surface area contributed by atoms with Gasteiger partial charge in [-0.2, -0.15) is 0 Å². The van der Waals surface area contributed by atoms with E-state index in [9.17, 15) is 8.42 Å². The summed E-state index contributed by atoms with van der Waals surface area (Å²) < 4.78 is 22.1. The van der Waals surface area contributed by atoms with Gasteiger partial charge in [-0.05, 0) is 29.8 Å². The number of benzene rings is 1. The number of rotatable bonds is 2. The van der Waals surface area contributed by atoms with Crippen LogP contribution in [0.15, 0.2) is 47.5 Å². The second-order valence-corrected chi connectivity index (χ2v) is 5.10. The van der Waals surface area contributed by atoms with E-state index in [1.54, 1.807) is 24.4 Å². The van der Waals surface area contributed by atoms with E-state index >= 15 is 0 Å². The van der Waals surface area contributed by atoms with Gasteiger partial charge in [-0.3, -0.25) is 0 Å². The molecule has 2 aromatic rings. The number of nitrogen functional groups attached to an aromatic ring is 1. The molecule has 1 aromatic heterocycles. The van der Waals surface area contributed by atoms with Gasteiger partial charge in [-0.1, -0.05) is 12.1 Å². The Morgan fingerprint density at radius 2 is 1.53 bits per heavy atom. The molecule has 0 fully saturated rings. The highest BCUT2D eigenvalue weighted by Gasteiger charge is 2.07. The summed E-state index contributed by atoms with van der Waals surface area (Å²) in [6.07, 6.45) is 1.63. The number of pyridine rings is 1. The Hall–Kier alpha value is -1.92. The molecule has 2 rings (SSSR count). The first kappa shape index (κ1) is 11.6. The van der Waals surface area contributed by atoms with E-state index in [0.717, 1.165) is 11.1 Å². The smallest absolute Gasteiger partial charge is 0.238 e. The number of anilines is 1. The number of hydrogen-bond donors (Lipinski definition) is 2. The van der Waals surface area contributed by atoms with Gasteiger partial charge in [0.15, 0.2) is 0 Å². The summed E-state index contributed by atoms with van der Waals surface area (Å²) in [4.78, 5) is 4.05. The Kier molecular flexibility index (Phi) is 2.83. The minimum Gasteiger partial charge on any atom is -0.384 e. The first-order valence-electron chi connectivity index (χ1n) is 4.81. The van der Waals surface area contributed by atoms with Crippen molar-refractivity contribution in [3.63, 3.8) is 0 Å². The predicted molar refractivity (Wildman–Crippen MR) is 65.5 cm³/mol. The van der Waals surface area contributed by atoms with Gasteiger partial charge in [-0.15, -0.1) is 0 Å². The van der Waals surface area contributed by atoms with Crippen molar-refractivity contribution in [2.75, 3.05) is 5.73 Å². The summed E-state index contributed by atoms with van der Waals surface area (Å²) >= 11 is 0. The van der Waals surface area contributed by atoms with E-state index in [1.807, 2.05) is 6.07 Å². The molecule has 6 heteroatoms.